The number of para-hydroxylation sites is 2. The van der Waals surface area contributed by atoms with Gasteiger partial charge in [-0.3, -0.25) is 4.79 Å². The molecule has 3 aromatic rings. The number of amides is 1. The van der Waals surface area contributed by atoms with E-state index in [2.05, 4.69) is 22.3 Å². The number of ether oxygens (including phenoxy) is 2. The summed E-state index contributed by atoms with van der Waals surface area (Å²) in [6.45, 7) is 3.07. The highest BCUT2D eigenvalue weighted by Gasteiger charge is 2.43. The topological polar surface area (TPSA) is 77.7 Å². The van der Waals surface area contributed by atoms with E-state index in [1.807, 2.05) is 47.4 Å². The van der Waals surface area contributed by atoms with Crippen molar-refractivity contribution < 1.29 is 18.8 Å². The first kappa shape index (κ1) is 17.7. The fourth-order valence-corrected chi connectivity index (χ4v) is 4.08. The maximum absolute atomic E-state index is 13.2. The number of nitrogens with zero attached hydrogens (tertiary/aromatic N) is 3. The number of likely N-dealkylation sites (tertiary alicyclic amines) is 1. The summed E-state index contributed by atoms with van der Waals surface area (Å²) in [5, 5.41) is 3.94. The third-order valence-electron chi connectivity index (χ3n) is 5.50. The van der Waals surface area contributed by atoms with Gasteiger partial charge in [-0.05, 0) is 24.6 Å². The molecule has 3 unspecified atom stereocenters. The van der Waals surface area contributed by atoms with E-state index < -0.39 is 6.10 Å². The monoisotopic (exact) mass is 391 g/mol. The molecular weight excluding hydrogens is 370 g/mol. The number of benzene rings is 2. The molecule has 3 heterocycles. The molecule has 0 N–H and O–H groups in total. The van der Waals surface area contributed by atoms with E-state index in [9.17, 15) is 4.79 Å². The van der Waals surface area contributed by atoms with Crippen LogP contribution >= 0.6 is 0 Å². The van der Waals surface area contributed by atoms with Gasteiger partial charge in [0.1, 0.15) is 6.61 Å². The van der Waals surface area contributed by atoms with Crippen LogP contribution in [0.15, 0.2) is 59.1 Å². The molecule has 2 aliphatic rings. The average Bonchev–Trinajstić information content (AvgIpc) is 3.40. The molecule has 1 saturated heterocycles. The molecule has 1 fully saturated rings. The van der Waals surface area contributed by atoms with Crippen LogP contribution in [-0.2, 0) is 4.79 Å². The van der Waals surface area contributed by atoms with Crippen LogP contribution in [0.5, 0.6) is 11.5 Å². The van der Waals surface area contributed by atoms with Crippen molar-refractivity contribution in [1.82, 2.24) is 15.0 Å². The zero-order valence-electron chi connectivity index (χ0n) is 16.0. The van der Waals surface area contributed by atoms with Crippen LogP contribution < -0.4 is 9.47 Å². The van der Waals surface area contributed by atoms with Crippen molar-refractivity contribution in [3.63, 3.8) is 0 Å². The van der Waals surface area contributed by atoms with Gasteiger partial charge in [-0.2, -0.15) is 4.98 Å². The van der Waals surface area contributed by atoms with Gasteiger partial charge >= 0.3 is 0 Å². The third kappa shape index (κ3) is 3.33. The molecule has 7 heteroatoms. The number of fused-ring (bicyclic) bond motifs is 1. The first-order valence-corrected chi connectivity index (χ1v) is 9.71. The number of hydrogen-bond acceptors (Lipinski definition) is 6. The van der Waals surface area contributed by atoms with Crippen molar-refractivity contribution in [2.75, 3.05) is 19.7 Å². The molecule has 0 saturated carbocycles. The van der Waals surface area contributed by atoms with E-state index in [0.717, 1.165) is 5.56 Å². The molecule has 1 aromatic heterocycles. The predicted molar refractivity (Wildman–Crippen MR) is 104 cm³/mol. The van der Waals surface area contributed by atoms with E-state index in [4.69, 9.17) is 14.0 Å². The molecule has 29 heavy (non-hydrogen) atoms. The summed E-state index contributed by atoms with van der Waals surface area (Å²) >= 11 is 0. The van der Waals surface area contributed by atoms with Crippen molar-refractivity contribution in [1.29, 1.82) is 0 Å². The van der Waals surface area contributed by atoms with Crippen molar-refractivity contribution in [2.24, 2.45) is 0 Å². The first-order chi connectivity index (χ1) is 14.2. The maximum Gasteiger partial charge on any atom is 0.267 e. The lowest BCUT2D eigenvalue weighted by Gasteiger charge is -2.28. The zero-order valence-corrected chi connectivity index (χ0v) is 16.0. The van der Waals surface area contributed by atoms with Crippen molar-refractivity contribution in [2.45, 2.75) is 24.9 Å². The van der Waals surface area contributed by atoms with Gasteiger partial charge < -0.3 is 18.9 Å². The van der Waals surface area contributed by atoms with Crippen LogP contribution in [0.25, 0.3) is 0 Å². The van der Waals surface area contributed by atoms with Crippen LogP contribution in [0.2, 0.25) is 0 Å². The Hall–Kier alpha value is -3.35. The minimum Gasteiger partial charge on any atom is -0.485 e. The number of carbonyl (C=O) groups is 1. The van der Waals surface area contributed by atoms with E-state index >= 15 is 0 Å². The molecular formula is C22H21N3O4. The Kier molecular flexibility index (Phi) is 4.42. The Morgan fingerprint density at radius 1 is 1.00 bits per heavy atom. The summed E-state index contributed by atoms with van der Waals surface area (Å²) < 4.78 is 17.1. The Bertz CT molecular complexity index is 1020. The van der Waals surface area contributed by atoms with E-state index in [-0.39, 0.29) is 24.3 Å². The van der Waals surface area contributed by atoms with Gasteiger partial charge in [-0.25, -0.2) is 0 Å². The normalized spacial score (nSPS) is 23.2. The van der Waals surface area contributed by atoms with E-state index in [1.54, 1.807) is 6.92 Å². The summed E-state index contributed by atoms with van der Waals surface area (Å²) in [5.41, 5.74) is 1.15. The quantitative estimate of drug-likeness (QED) is 0.683. The lowest BCUT2D eigenvalue weighted by molar-refractivity contribution is -0.140. The summed E-state index contributed by atoms with van der Waals surface area (Å²) in [7, 11) is 0. The van der Waals surface area contributed by atoms with E-state index in [0.29, 0.717) is 36.3 Å². The molecule has 0 bridgehead atoms. The molecule has 2 aromatic carbocycles. The average molecular weight is 391 g/mol. The molecule has 7 nitrogen and oxygen atoms in total. The molecule has 148 valence electrons. The third-order valence-corrected chi connectivity index (χ3v) is 5.50. The molecule has 0 spiro atoms. The Labute approximate surface area is 168 Å². The zero-order chi connectivity index (χ0) is 19.8. The van der Waals surface area contributed by atoms with Gasteiger partial charge in [0.2, 0.25) is 12.0 Å². The number of aromatic nitrogens is 2. The summed E-state index contributed by atoms with van der Waals surface area (Å²) in [6.07, 6.45) is -0.663. The standard InChI is InChI=1S/C22H21N3O4/c1-14-23-21(29-24-14)17-12-25(11-16(17)15-7-3-2-4-8-15)22(26)20-13-27-18-9-5-6-10-19(18)28-20/h2-10,16-17,20H,11-13H2,1H3. The predicted octanol–water partition coefficient (Wildman–Crippen LogP) is 2.93. The van der Waals surface area contributed by atoms with Gasteiger partial charge in [0.25, 0.3) is 5.91 Å². The van der Waals surface area contributed by atoms with Crippen molar-refractivity contribution in [3.05, 3.63) is 71.9 Å². The lowest BCUT2D eigenvalue weighted by atomic mass is 9.89. The van der Waals surface area contributed by atoms with Gasteiger partial charge in [0.15, 0.2) is 17.3 Å². The fraction of sp³-hybridized carbons (Fsp3) is 0.318. The van der Waals surface area contributed by atoms with Crippen LogP contribution in [0.1, 0.15) is 29.1 Å². The number of carbonyl (C=O) groups excluding carboxylic acids is 1. The molecule has 0 aliphatic carbocycles. The Balaban J connectivity index is 1.39. The Morgan fingerprint density at radius 3 is 2.48 bits per heavy atom. The van der Waals surface area contributed by atoms with Crippen molar-refractivity contribution in [3.8, 4) is 11.5 Å². The largest absolute Gasteiger partial charge is 0.485 e. The Morgan fingerprint density at radius 2 is 1.72 bits per heavy atom. The maximum atomic E-state index is 13.2. The SMILES string of the molecule is Cc1noc(C2CN(C(=O)C3COc4ccccc4O3)CC2c2ccccc2)n1. The lowest BCUT2D eigenvalue weighted by Crippen LogP contribution is -2.45. The summed E-state index contributed by atoms with van der Waals surface area (Å²) in [6, 6.07) is 17.5. The van der Waals surface area contributed by atoms with Gasteiger partial charge in [0.05, 0.1) is 5.92 Å². The molecule has 5 rings (SSSR count). The fourth-order valence-electron chi connectivity index (χ4n) is 4.08. The second kappa shape index (κ2) is 7.24. The summed E-state index contributed by atoms with van der Waals surface area (Å²) in [4.78, 5) is 19.5. The number of rotatable bonds is 3. The highest BCUT2D eigenvalue weighted by atomic mass is 16.6. The summed E-state index contributed by atoms with van der Waals surface area (Å²) in [5.74, 6) is 2.37. The minimum absolute atomic E-state index is 0.0562. The van der Waals surface area contributed by atoms with Gasteiger partial charge in [0, 0.05) is 19.0 Å². The minimum atomic E-state index is -0.663. The van der Waals surface area contributed by atoms with Crippen LogP contribution in [0, 0.1) is 6.92 Å². The number of aryl methyl sites for hydroxylation is 1. The highest BCUT2D eigenvalue weighted by molar-refractivity contribution is 5.82. The first-order valence-electron chi connectivity index (χ1n) is 9.71. The molecule has 3 atom stereocenters. The van der Waals surface area contributed by atoms with Gasteiger partial charge in [-0.15, -0.1) is 0 Å². The number of hydrogen-bond donors (Lipinski definition) is 0. The van der Waals surface area contributed by atoms with Crippen LogP contribution in [-0.4, -0.2) is 46.7 Å². The molecule has 2 aliphatic heterocycles. The molecule has 1 amide bonds. The molecule has 0 radical (unpaired) electrons. The second-order valence-corrected chi connectivity index (χ2v) is 7.41. The smallest absolute Gasteiger partial charge is 0.267 e. The second-order valence-electron chi connectivity index (χ2n) is 7.41. The van der Waals surface area contributed by atoms with Crippen LogP contribution in [0.3, 0.4) is 0 Å². The van der Waals surface area contributed by atoms with Crippen molar-refractivity contribution >= 4 is 5.91 Å². The van der Waals surface area contributed by atoms with Crippen LogP contribution in [0.4, 0.5) is 0 Å². The van der Waals surface area contributed by atoms with Gasteiger partial charge in [-0.1, -0.05) is 47.6 Å². The highest BCUT2D eigenvalue weighted by Crippen LogP contribution is 2.40. The van der Waals surface area contributed by atoms with E-state index in [1.165, 1.54) is 0 Å².